The lowest BCUT2D eigenvalue weighted by molar-refractivity contribution is 1.17. The number of fused-ring (bicyclic) bond motifs is 5. The Labute approximate surface area is 418 Å². The number of nitrogens with zero attached hydrogens (tertiary/aromatic N) is 6. The largest absolute Gasteiger partial charge is 0.311 e. The minimum absolute atomic E-state index is 1.06. The first-order valence-corrected chi connectivity index (χ1v) is 24.3. The molecule has 9 aromatic carbocycles. The molecule has 13 rings (SSSR count). The summed E-state index contributed by atoms with van der Waals surface area (Å²) in [6.07, 6.45) is 7.53. The molecule has 0 aliphatic heterocycles. The first kappa shape index (κ1) is 42.3. The number of hydrogen-bond donors (Lipinski definition) is 0. The van der Waals surface area contributed by atoms with Crippen molar-refractivity contribution >= 4 is 67.0 Å². The van der Waals surface area contributed by atoms with E-state index in [-0.39, 0.29) is 0 Å². The van der Waals surface area contributed by atoms with Crippen molar-refractivity contribution in [3.8, 4) is 44.8 Å². The molecule has 6 nitrogen and oxygen atoms in total. The average molecular weight is 923 g/mol. The molecule has 0 N–H and O–H groups in total. The molecule has 0 unspecified atom stereocenters. The van der Waals surface area contributed by atoms with Gasteiger partial charge in [0.2, 0.25) is 0 Å². The van der Waals surface area contributed by atoms with E-state index in [9.17, 15) is 0 Å². The van der Waals surface area contributed by atoms with Gasteiger partial charge in [-0.15, -0.1) is 0 Å². The molecule has 4 aromatic heterocycles. The van der Waals surface area contributed by atoms with Gasteiger partial charge in [0.1, 0.15) is 0 Å². The molecular formula is C66H46N6. The Morgan fingerprint density at radius 1 is 0.264 bits per heavy atom. The molecule has 4 heterocycles. The summed E-state index contributed by atoms with van der Waals surface area (Å²) in [5, 5.41) is 2.27. The smallest absolute Gasteiger partial charge is 0.0804 e. The van der Waals surface area contributed by atoms with Crippen LogP contribution in [-0.2, 0) is 0 Å². The second kappa shape index (κ2) is 18.3. The van der Waals surface area contributed by atoms with Gasteiger partial charge in [0.05, 0.1) is 22.1 Å². The molecule has 0 aliphatic rings. The van der Waals surface area contributed by atoms with Crippen molar-refractivity contribution in [2.24, 2.45) is 0 Å². The van der Waals surface area contributed by atoms with E-state index in [1.54, 1.807) is 0 Å². The van der Waals surface area contributed by atoms with E-state index in [4.69, 9.17) is 0 Å². The highest BCUT2D eigenvalue weighted by atomic mass is 15.2. The summed E-state index contributed by atoms with van der Waals surface area (Å²) in [4.78, 5) is 13.7. The first-order chi connectivity index (χ1) is 35.7. The third-order valence-electron chi connectivity index (χ3n) is 13.6. The van der Waals surface area contributed by atoms with Gasteiger partial charge in [0.15, 0.2) is 0 Å². The highest BCUT2D eigenvalue weighted by Crippen LogP contribution is 2.46. The Bertz CT molecular complexity index is 3840. The quantitative estimate of drug-likeness (QED) is 0.130. The van der Waals surface area contributed by atoms with Crippen molar-refractivity contribution in [1.82, 2.24) is 19.1 Å². The van der Waals surface area contributed by atoms with Gasteiger partial charge in [-0.1, -0.05) is 127 Å². The Morgan fingerprint density at radius 3 is 1.10 bits per heavy atom. The highest BCUT2D eigenvalue weighted by Gasteiger charge is 2.25. The minimum atomic E-state index is 1.06. The maximum absolute atomic E-state index is 4.50. The third-order valence-corrected chi connectivity index (χ3v) is 13.6. The maximum Gasteiger partial charge on any atom is 0.0804 e. The minimum Gasteiger partial charge on any atom is -0.311 e. The number of hydrogen-bond acceptors (Lipinski definition) is 4. The Hall–Kier alpha value is -9.78. The first-order valence-electron chi connectivity index (χ1n) is 24.3. The predicted octanol–water partition coefficient (Wildman–Crippen LogP) is 17.5. The maximum atomic E-state index is 4.50. The van der Waals surface area contributed by atoms with Crippen LogP contribution >= 0.6 is 0 Å². The van der Waals surface area contributed by atoms with Gasteiger partial charge < -0.3 is 18.9 Å². The fraction of sp³-hybridized carbons (Fsp3) is 0. The molecule has 13 aromatic rings. The molecule has 0 saturated carbocycles. The van der Waals surface area contributed by atoms with E-state index in [2.05, 4.69) is 272 Å². The van der Waals surface area contributed by atoms with Crippen molar-refractivity contribution < 1.29 is 0 Å². The standard InChI is InChI=1S/C66H46N6/c1-5-21-53(22-6-1)69(54-23-7-2-8-24-54)57-34-31-47(32-35-57)50-33-37-63-61(43-50)65-66(71(63)58-29-13-17-48(41-58)51-19-15-39-67-45-51)62-44-60(70(55-25-9-3-10-26-55)56-27-11-4-12-28-56)36-38-64(62)72(65)59-30-14-18-49(42-59)52-20-16-40-68-46-52/h1-46H. The number of aromatic nitrogens is 4. The second-order valence-corrected chi connectivity index (χ2v) is 17.9. The molecule has 0 saturated heterocycles. The van der Waals surface area contributed by atoms with Gasteiger partial charge >= 0.3 is 0 Å². The van der Waals surface area contributed by atoms with Crippen LogP contribution in [0.3, 0.4) is 0 Å². The van der Waals surface area contributed by atoms with Crippen LogP contribution in [0.2, 0.25) is 0 Å². The monoisotopic (exact) mass is 922 g/mol. The Kier molecular flexibility index (Phi) is 10.7. The van der Waals surface area contributed by atoms with Crippen molar-refractivity contribution in [2.75, 3.05) is 9.80 Å². The lowest BCUT2D eigenvalue weighted by Gasteiger charge is -2.25. The van der Waals surface area contributed by atoms with Crippen molar-refractivity contribution in [2.45, 2.75) is 0 Å². The zero-order valence-electron chi connectivity index (χ0n) is 39.2. The number of anilines is 6. The third kappa shape index (κ3) is 7.64. The van der Waals surface area contributed by atoms with Gasteiger partial charge in [0.25, 0.3) is 0 Å². The van der Waals surface area contributed by atoms with Crippen LogP contribution < -0.4 is 9.80 Å². The van der Waals surface area contributed by atoms with Crippen molar-refractivity contribution in [3.05, 3.63) is 280 Å². The predicted molar refractivity (Wildman–Crippen MR) is 299 cm³/mol. The van der Waals surface area contributed by atoms with E-state index in [0.29, 0.717) is 0 Å². The molecule has 0 radical (unpaired) electrons. The van der Waals surface area contributed by atoms with Gasteiger partial charge in [-0.3, -0.25) is 9.97 Å². The lowest BCUT2D eigenvalue weighted by Crippen LogP contribution is -2.09. The Morgan fingerprint density at radius 2 is 0.639 bits per heavy atom. The van der Waals surface area contributed by atoms with Crippen LogP contribution in [0.5, 0.6) is 0 Å². The molecule has 0 aliphatic carbocycles. The molecule has 340 valence electrons. The van der Waals surface area contributed by atoms with Gasteiger partial charge in [-0.05, 0) is 150 Å². The van der Waals surface area contributed by atoms with E-state index in [1.807, 2.05) is 36.9 Å². The normalized spacial score (nSPS) is 11.3. The summed E-state index contributed by atoms with van der Waals surface area (Å²) in [5.41, 5.74) is 19.7. The van der Waals surface area contributed by atoms with E-state index in [0.717, 1.165) is 112 Å². The van der Waals surface area contributed by atoms with Crippen LogP contribution in [0.25, 0.3) is 77.6 Å². The summed E-state index contributed by atoms with van der Waals surface area (Å²) in [7, 11) is 0. The van der Waals surface area contributed by atoms with E-state index >= 15 is 0 Å². The molecule has 0 amide bonds. The molecule has 0 bridgehead atoms. The van der Waals surface area contributed by atoms with E-state index < -0.39 is 0 Å². The molecule has 6 heteroatoms. The number of benzene rings is 9. The topological polar surface area (TPSA) is 42.1 Å². The summed E-state index contributed by atoms with van der Waals surface area (Å²) in [6, 6.07) is 91.3. The van der Waals surface area contributed by atoms with Crippen LogP contribution in [0.1, 0.15) is 0 Å². The Balaban J connectivity index is 1.08. The number of pyridine rings is 2. The van der Waals surface area contributed by atoms with Crippen LogP contribution in [0.15, 0.2) is 280 Å². The summed E-state index contributed by atoms with van der Waals surface area (Å²) in [5.74, 6) is 0. The van der Waals surface area contributed by atoms with Gasteiger partial charge in [0, 0.05) is 92.2 Å². The zero-order valence-corrected chi connectivity index (χ0v) is 39.2. The van der Waals surface area contributed by atoms with Crippen molar-refractivity contribution in [1.29, 1.82) is 0 Å². The zero-order chi connectivity index (χ0) is 47.8. The molecule has 72 heavy (non-hydrogen) atoms. The average Bonchev–Trinajstić information content (AvgIpc) is 3.97. The highest BCUT2D eigenvalue weighted by molar-refractivity contribution is 6.21. The van der Waals surface area contributed by atoms with Crippen LogP contribution in [0.4, 0.5) is 34.1 Å². The fourth-order valence-electron chi connectivity index (χ4n) is 10.4. The van der Waals surface area contributed by atoms with Gasteiger partial charge in [-0.2, -0.15) is 0 Å². The molecular weight excluding hydrogens is 877 g/mol. The SMILES string of the molecule is c1ccc(N(c2ccccc2)c2ccc(-c3ccc4c(c3)c3c(c5cc(N(c6ccccc6)c6ccccc6)ccc5n3-c3cccc(-c5cccnc5)c3)n4-c3cccc(-c4cccnc4)c3)cc2)cc1. The van der Waals surface area contributed by atoms with Gasteiger partial charge in [-0.25, -0.2) is 0 Å². The molecule has 0 atom stereocenters. The molecule has 0 spiro atoms. The lowest BCUT2D eigenvalue weighted by atomic mass is 10.0. The number of rotatable bonds is 11. The molecule has 0 fully saturated rings. The van der Waals surface area contributed by atoms with Crippen LogP contribution in [0, 0.1) is 0 Å². The second-order valence-electron chi connectivity index (χ2n) is 17.9. The van der Waals surface area contributed by atoms with E-state index in [1.165, 1.54) is 0 Å². The fourth-order valence-corrected chi connectivity index (χ4v) is 10.4. The summed E-state index contributed by atoms with van der Waals surface area (Å²) in [6.45, 7) is 0. The van der Waals surface area contributed by atoms with Crippen LogP contribution in [-0.4, -0.2) is 19.1 Å². The summed E-state index contributed by atoms with van der Waals surface area (Å²) >= 11 is 0. The summed E-state index contributed by atoms with van der Waals surface area (Å²) < 4.78 is 4.94. The van der Waals surface area contributed by atoms with Crippen molar-refractivity contribution in [3.63, 3.8) is 0 Å². The number of para-hydroxylation sites is 4.